The molecule has 0 spiro atoms. The summed E-state index contributed by atoms with van der Waals surface area (Å²) < 4.78 is 13.3. The second kappa shape index (κ2) is 13.6. The maximum absolute atomic E-state index is 13.3. The zero-order valence-electron chi connectivity index (χ0n) is 19.8. The van der Waals surface area contributed by atoms with E-state index in [0.29, 0.717) is 34.5 Å². The van der Waals surface area contributed by atoms with Gasteiger partial charge in [0.1, 0.15) is 5.82 Å². The maximum atomic E-state index is 13.3. The topological polar surface area (TPSA) is 101 Å². The molecule has 0 radical (unpaired) electrons. The number of hydrogen-bond donors (Lipinski definition) is 2. The first-order chi connectivity index (χ1) is 16.2. The van der Waals surface area contributed by atoms with Gasteiger partial charge in [0.2, 0.25) is 5.91 Å². The number of likely N-dealkylation sites (tertiary alicyclic amines) is 1. The van der Waals surface area contributed by atoms with Gasteiger partial charge in [0, 0.05) is 36.7 Å². The molecule has 4 atom stereocenters. The van der Waals surface area contributed by atoms with Crippen LogP contribution in [0.1, 0.15) is 31.2 Å². The van der Waals surface area contributed by atoms with Crippen LogP contribution in [0.25, 0.3) is 0 Å². The van der Waals surface area contributed by atoms with Crippen molar-refractivity contribution in [2.24, 2.45) is 11.8 Å². The minimum Gasteiger partial charge on any atom is -0.483 e. The van der Waals surface area contributed by atoms with Gasteiger partial charge in [-0.05, 0) is 69.4 Å². The van der Waals surface area contributed by atoms with Crippen molar-refractivity contribution in [3.8, 4) is 0 Å². The van der Waals surface area contributed by atoms with Crippen LogP contribution in [0.5, 0.6) is 0 Å². The van der Waals surface area contributed by atoms with Gasteiger partial charge < -0.3 is 20.0 Å². The number of benzene rings is 1. The molecule has 190 valence electrons. The molecule has 8 nitrogen and oxygen atoms in total. The monoisotopic (exact) mass is 499 g/mol. The van der Waals surface area contributed by atoms with Crippen molar-refractivity contribution in [3.63, 3.8) is 0 Å². The molecule has 1 aromatic carbocycles. The minimum absolute atomic E-state index is 0.121. The van der Waals surface area contributed by atoms with Crippen LogP contribution in [0.4, 0.5) is 4.39 Å². The Labute approximate surface area is 205 Å². The molecule has 3 saturated heterocycles. The summed E-state index contributed by atoms with van der Waals surface area (Å²) in [5, 5.41) is 14.1. The van der Waals surface area contributed by atoms with Crippen LogP contribution in [0, 0.1) is 17.7 Å². The molecule has 0 aromatic heterocycles. The number of likely N-dealkylation sites (N-methyl/N-ethyl adjacent to an activating group) is 1. The molecule has 10 heteroatoms. The van der Waals surface area contributed by atoms with Crippen molar-refractivity contribution in [1.82, 2.24) is 14.7 Å². The Balaban J connectivity index is 0.000000618. The lowest BCUT2D eigenvalue weighted by Crippen LogP contribution is -2.66. The summed E-state index contributed by atoms with van der Waals surface area (Å²) in [6.07, 6.45) is 5.35. The van der Waals surface area contributed by atoms with Crippen molar-refractivity contribution >= 4 is 30.5 Å². The lowest BCUT2D eigenvalue weighted by atomic mass is 9.72. The molecule has 34 heavy (non-hydrogen) atoms. The SMILES string of the molecule is CN(C)C[C@H]1[C@H]2C[C@H](CN(C(=O)Cc3ccc(F)cc3Cl)C2)[C@@H]2CCCCN21.O=CO.O=CO. The summed E-state index contributed by atoms with van der Waals surface area (Å²) in [6.45, 7) is 3.44. The first-order valence-electron chi connectivity index (χ1n) is 11.5. The van der Waals surface area contributed by atoms with Crippen molar-refractivity contribution in [1.29, 1.82) is 0 Å². The fourth-order valence-electron chi connectivity index (χ4n) is 5.68. The highest BCUT2D eigenvalue weighted by Crippen LogP contribution is 2.41. The van der Waals surface area contributed by atoms with Gasteiger partial charge in [-0.3, -0.25) is 19.3 Å². The molecule has 3 fully saturated rings. The third-order valence-corrected chi connectivity index (χ3v) is 7.24. The molecule has 0 aliphatic carbocycles. The van der Waals surface area contributed by atoms with E-state index in [2.05, 4.69) is 28.8 Å². The highest BCUT2D eigenvalue weighted by Gasteiger charge is 2.47. The molecule has 3 aliphatic rings. The van der Waals surface area contributed by atoms with Crippen LogP contribution in [0.2, 0.25) is 5.02 Å². The summed E-state index contributed by atoms with van der Waals surface area (Å²) >= 11 is 6.16. The number of hydrogen-bond acceptors (Lipinski definition) is 5. The van der Waals surface area contributed by atoms with Crippen molar-refractivity contribution in [2.45, 2.75) is 44.2 Å². The Hall–Kier alpha value is -2.23. The second-order valence-corrected chi connectivity index (χ2v) is 9.72. The van der Waals surface area contributed by atoms with Crippen LogP contribution in [-0.4, -0.2) is 96.1 Å². The molecule has 3 heterocycles. The maximum Gasteiger partial charge on any atom is 0.290 e. The van der Waals surface area contributed by atoms with Gasteiger partial charge in [0.25, 0.3) is 12.9 Å². The average Bonchev–Trinajstić information content (AvgIpc) is 2.79. The molecule has 1 aromatic rings. The van der Waals surface area contributed by atoms with Crippen LogP contribution in [0.3, 0.4) is 0 Å². The Kier molecular flexibility index (Phi) is 11.2. The molecular formula is C24H35ClFN3O5. The van der Waals surface area contributed by atoms with Crippen molar-refractivity contribution < 1.29 is 29.0 Å². The van der Waals surface area contributed by atoms with E-state index in [1.807, 2.05) is 0 Å². The molecule has 1 amide bonds. The molecule has 2 N–H and O–H groups in total. The Bertz CT molecular complexity index is 822. The highest BCUT2D eigenvalue weighted by molar-refractivity contribution is 6.31. The molecule has 0 saturated carbocycles. The van der Waals surface area contributed by atoms with E-state index >= 15 is 0 Å². The first-order valence-corrected chi connectivity index (χ1v) is 11.9. The van der Waals surface area contributed by atoms with Crippen LogP contribution in [-0.2, 0) is 20.8 Å². The summed E-state index contributed by atoms with van der Waals surface area (Å²) in [4.78, 5) is 36.9. The van der Waals surface area contributed by atoms with Gasteiger partial charge in [-0.25, -0.2) is 4.39 Å². The van der Waals surface area contributed by atoms with Crippen LogP contribution in [0.15, 0.2) is 18.2 Å². The molecule has 2 bridgehead atoms. The van der Waals surface area contributed by atoms with E-state index in [4.69, 9.17) is 31.4 Å². The van der Waals surface area contributed by atoms with E-state index in [0.717, 1.165) is 19.6 Å². The van der Waals surface area contributed by atoms with E-state index in [9.17, 15) is 9.18 Å². The first kappa shape index (κ1) is 28.0. The van der Waals surface area contributed by atoms with E-state index in [1.54, 1.807) is 6.07 Å². The Morgan fingerprint density at radius 1 is 1.18 bits per heavy atom. The van der Waals surface area contributed by atoms with Crippen LogP contribution < -0.4 is 0 Å². The summed E-state index contributed by atoms with van der Waals surface area (Å²) in [5.74, 6) is 0.863. The van der Waals surface area contributed by atoms with Gasteiger partial charge in [-0.2, -0.15) is 0 Å². The van der Waals surface area contributed by atoms with Gasteiger partial charge in [-0.15, -0.1) is 0 Å². The summed E-state index contributed by atoms with van der Waals surface area (Å²) in [7, 11) is 4.29. The Morgan fingerprint density at radius 2 is 1.82 bits per heavy atom. The number of amides is 1. The largest absolute Gasteiger partial charge is 0.483 e. The number of rotatable bonds is 4. The zero-order valence-corrected chi connectivity index (χ0v) is 20.5. The molecule has 3 aliphatic heterocycles. The minimum atomic E-state index is -0.363. The lowest BCUT2D eigenvalue weighted by Gasteiger charge is -2.57. The lowest BCUT2D eigenvalue weighted by molar-refractivity contribution is -0.140. The zero-order chi connectivity index (χ0) is 25.3. The standard InChI is InChI=1S/C22H31ClFN3O.2CH2O2/c1-25(2)14-21-17-9-16(20-5-3-4-8-27(20)21)12-26(13-17)22(28)10-15-6-7-18(24)11-19(15)23;2*2-1-3/h6-7,11,16-17,20-21H,3-5,8-10,12-14H2,1-2H3;2*1H,(H,2,3)/t16-,17+,20+,21+;;/m1../s1. The highest BCUT2D eigenvalue weighted by atomic mass is 35.5. The summed E-state index contributed by atoms with van der Waals surface area (Å²) in [6, 6.07) is 5.45. The van der Waals surface area contributed by atoms with Gasteiger partial charge >= 0.3 is 0 Å². The van der Waals surface area contributed by atoms with Crippen molar-refractivity contribution in [2.75, 3.05) is 40.3 Å². The second-order valence-electron chi connectivity index (χ2n) is 9.31. The number of nitrogens with zero attached hydrogens (tertiary/aromatic N) is 3. The number of carboxylic acid groups (broad SMARTS) is 2. The molecular weight excluding hydrogens is 465 g/mol. The number of carbonyl (C=O) groups excluding carboxylic acids is 1. The average molecular weight is 500 g/mol. The summed E-state index contributed by atoms with van der Waals surface area (Å²) in [5.41, 5.74) is 0.716. The van der Waals surface area contributed by atoms with Crippen LogP contribution >= 0.6 is 11.6 Å². The van der Waals surface area contributed by atoms with E-state index in [1.165, 1.54) is 44.4 Å². The normalized spacial score (nSPS) is 25.7. The van der Waals surface area contributed by atoms with Gasteiger partial charge in [0.15, 0.2) is 0 Å². The van der Waals surface area contributed by atoms with E-state index in [-0.39, 0.29) is 31.1 Å². The Morgan fingerprint density at radius 3 is 2.44 bits per heavy atom. The van der Waals surface area contributed by atoms with Gasteiger partial charge in [-0.1, -0.05) is 24.1 Å². The quantitative estimate of drug-likeness (QED) is 0.614. The predicted molar refractivity (Wildman–Crippen MR) is 127 cm³/mol. The van der Waals surface area contributed by atoms with Crippen molar-refractivity contribution in [3.05, 3.63) is 34.6 Å². The van der Waals surface area contributed by atoms with Gasteiger partial charge in [0.05, 0.1) is 6.42 Å². The number of fused-ring (bicyclic) bond motifs is 4. The number of carbonyl (C=O) groups is 3. The third kappa shape index (κ3) is 7.38. The predicted octanol–water partition coefficient (Wildman–Crippen LogP) is 2.69. The molecule has 4 rings (SSSR count). The number of piperidine rings is 3. The number of halogens is 2. The van der Waals surface area contributed by atoms with E-state index < -0.39 is 0 Å². The smallest absolute Gasteiger partial charge is 0.290 e. The fourth-order valence-corrected chi connectivity index (χ4v) is 5.91. The molecule has 0 unspecified atom stereocenters. The third-order valence-electron chi connectivity index (χ3n) is 6.88. The fraction of sp³-hybridized carbons (Fsp3) is 0.625.